The summed E-state index contributed by atoms with van der Waals surface area (Å²) in [5.74, 6) is 0. The number of sulfonamides is 1. The molecule has 0 saturated carbocycles. The molecule has 0 bridgehead atoms. The number of nitro benzene ring substituents is 1. The van der Waals surface area contributed by atoms with E-state index in [9.17, 15) is 18.5 Å². The fourth-order valence-electron chi connectivity index (χ4n) is 2.58. The van der Waals surface area contributed by atoms with Crippen molar-refractivity contribution in [1.29, 1.82) is 0 Å². The Morgan fingerprint density at radius 1 is 1.32 bits per heavy atom. The molecule has 2 N–H and O–H groups in total. The highest BCUT2D eigenvalue weighted by atomic mass is 32.2. The first kappa shape index (κ1) is 16.7. The van der Waals surface area contributed by atoms with Gasteiger partial charge in [0.15, 0.2) is 0 Å². The molecule has 0 spiro atoms. The Kier molecular flexibility index (Phi) is 4.99. The van der Waals surface area contributed by atoms with E-state index in [1.807, 2.05) is 4.90 Å². The van der Waals surface area contributed by atoms with Crippen LogP contribution in [0.25, 0.3) is 0 Å². The molecule has 2 rings (SSSR count). The van der Waals surface area contributed by atoms with Crippen LogP contribution >= 0.6 is 0 Å². The van der Waals surface area contributed by atoms with E-state index in [1.54, 1.807) is 0 Å². The molecule has 1 aliphatic heterocycles. The van der Waals surface area contributed by atoms with Crippen molar-refractivity contribution < 1.29 is 18.2 Å². The van der Waals surface area contributed by atoms with Crippen LogP contribution in [-0.2, 0) is 10.0 Å². The lowest BCUT2D eigenvalue weighted by Gasteiger charge is -2.21. The average molecular weight is 329 g/mol. The zero-order valence-electron chi connectivity index (χ0n) is 12.7. The number of quaternary nitrogens is 1. The van der Waals surface area contributed by atoms with E-state index in [-0.39, 0.29) is 10.6 Å². The van der Waals surface area contributed by atoms with Gasteiger partial charge in [0, 0.05) is 19.0 Å². The third-order valence-electron chi connectivity index (χ3n) is 3.90. The molecule has 1 saturated heterocycles. The lowest BCUT2D eigenvalue weighted by atomic mass is 10.2. The van der Waals surface area contributed by atoms with Gasteiger partial charge < -0.3 is 9.80 Å². The fourth-order valence-corrected chi connectivity index (χ4v) is 3.33. The van der Waals surface area contributed by atoms with Crippen molar-refractivity contribution in [1.82, 2.24) is 4.72 Å². The van der Waals surface area contributed by atoms with Gasteiger partial charge in [-0.25, -0.2) is 13.1 Å². The van der Waals surface area contributed by atoms with Crippen molar-refractivity contribution in [2.75, 3.05) is 45.2 Å². The van der Waals surface area contributed by atoms with Crippen molar-refractivity contribution in [2.24, 2.45) is 0 Å². The number of nitrogens with one attached hydrogen (secondary N) is 2. The molecule has 1 aromatic carbocycles. The summed E-state index contributed by atoms with van der Waals surface area (Å²) >= 11 is 0. The minimum absolute atomic E-state index is 0.0944. The Morgan fingerprint density at radius 2 is 2.05 bits per heavy atom. The number of hydrogen-bond donors (Lipinski definition) is 2. The van der Waals surface area contributed by atoms with Crippen LogP contribution in [0.15, 0.2) is 23.1 Å². The van der Waals surface area contributed by atoms with Crippen molar-refractivity contribution in [2.45, 2.75) is 11.3 Å². The Balaban J connectivity index is 2.41. The molecule has 8 nitrogen and oxygen atoms in total. The molecule has 1 atom stereocenters. The Morgan fingerprint density at radius 3 is 2.68 bits per heavy atom. The van der Waals surface area contributed by atoms with Gasteiger partial charge in [0.2, 0.25) is 10.0 Å². The first-order chi connectivity index (χ1) is 10.3. The Hall–Kier alpha value is -1.71. The summed E-state index contributed by atoms with van der Waals surface area (Å²) in [5.41, 5.74) is 0.311. The SMILES string of the molecule is CNS(=O)(=O)c1ccc(N2CCC[NH+](C)CC2)c([N+](=O)[O-])c1. The van der Waals surface area contributed by atoms with Gasteiger partial charge >= 0.3 is 0 Å². The third kappa shape index (κ3) is 3.54. The normalized spacial score (nSPS) is 19.7. The van der Waals surface area contributed by atoms with E-state index in [0.717, 1.165) is 32.1 Å². The van der Waals surface area contributed by atoms with Crippen LogP contribution in [-0.4, -0.2) is 53.6 Å². The van der Waals surface area contributed by atoms with Gasteiger partial charge in [-0.1, -0.05) is 0 Å². The molecule has 0 aromatic heterocycles. The van der Waals surface area contributed by atoms with Gasteiger partial charge in [0.25, 0.3) is 5.69 Å². The van der Waals surface area contributed by atoms with Crippen molar-refractivity contribution >= 4 is 21.4 Å². The van der Waals surface area contributed by atoms with Crippen LogP contribution < -0.4 is 14.5 Å². The number of benzene rings is 1. The van der Waals surface area contributed by atoms with Crippen molar-refractivity contribution in [3.8, 4) is 0 Å². The summed E-state index contributed by atoms with van der Waals surface area (Å²) in [6.45, 7) is 3.37. The second-order valence-corrected chi connectivity index (χ2v) is 7.30. The third-order valence-corrected chi connectivity index (χ3v) is 5.32. The van der Waals surface area contributed by atoms with Crippen molar-refractivity contribution in [3.05, 3.63) is 28.3 Å². The van der Waals surface area contributed by atoms with Gasteiger partial charge in [-0.15, -0.1) is 0 Å². The molecule has 122 valence electrons. The zero-order chi connectivity index (χ0) is 16.3. The van der Waals surface area contributed by atoms with Crippen LogP contribution in [0.1, 0.15) is 6.42 Å². The van der Waals surface area contributed by atoms with Crippen LogP contribution in [0.5, 0.6) is 0 Å². The van der Waals surface area contributed by atoms with E-state index in [2.05, 4.69) is 11.8 Å². The summed E-state index contributed by atoms with van der Waals surface area (Å²) in [6, 6.07) is 4.07. The second kappa shape index (κ2) is 6.59. The lowest BCUT2D eigenvalue weighted by Crippen LogP contribution is -3.09. The maximum Gasteiger partial charge on any atom is 0.293 e. The van der Waals surface area contributed by atoms with E-state index < -0.39 is 14.9 Å². The molecular weight excluding hydrogens is 308 g/mol. The summed E-state index contributed by atoms with van der Waals surface area (Å²) in [6.07, 6.45) is 0.944. The number of rotatable bonds is 4. The van der Waals surface area contributed by atoms with Crippen LogP contribution in [0, 0.1) is 10.1 Å². The molecule has 0 amide bonds. The minimum atomic E-state index is -3.69. The van der Waals surface area contributed by atoms with Gasteiger partial charge in [-0.2, -0.15) is 0 Å². The van der Waals surface area contributed by atoms with Crippen molar-refractivity contribution in [3.63, 3.8) is 0 Å². The molecule has 1 unspecified atom stereocenters. The lowest BCUT2D eigenvalue weighted by molar-refractivity contribution is -0.876. The van der Waals surface area contributed by atoms with E-state index >= 15 is 0 Å². The fraction of sp³-hybridized carbons (Fsp3) is 0.538. The largest absolute Gasteiger partial charge is 0.360 e. The Labute approximate surface area is 129 Å². The zero-order valence-corrected chi connectivity index (χ0v) is 13.5. The highest BCUT2D eigenvalue weighted by molar-refractivity contribution is 7.89. The molecule has 1 fully saturated rings. The molecule has 1 aromatic rings. The first-order valence-electron chi connectivity index (χ1n) is 7.13. The predicted molar refractivity (Wildman–Crippen MR) is 82.8 cm³/mol. The number of hydrogen-bond acceptors (Lipinski definition) is 5. The smallest absolute Gasteiger partial charge is 0.293 e. The number of nitrogens with zero attached hydrogens (tertiary/aromatic N) is 2. The standard InChI is InChI=1S/C13H20N4O4S/c1-14-22(20,21)11-4-5-12(13(10-11)17(18)19)16-7-3-6-15(2)8-9-16/h4-5,10,14H,3,6-9H2,1-2H3/p+1. The molecule has 0 aliphatic carbocycles. The summed E-state index contributed by atoms with van der Waals surface area (Å²) in [4.78, 5) is 14.1. The summed E-state index contributed by atoms with van der Waals surface area (Å²) < 4.78 is 25.8. The predicted octanol–water partition coefficient (Wildman–Crippen LogP) is -0.772. The van der Waals surface area contributed by atoms with Gasteiger partial charge in [0.05, 0.1) is 36.5 Å². The minimum Gasteiger partial charge on any atom is -0.360 e. The topological polar surface area (TPSA) is 97.0 Å². The quantitative estimate of drug-likeness (QED) is 0.558. The molecule has 22 heavy (non-hydrogen) atoms. The monoisotopic (exact) mass is 329 g/mol. The first-order valence-corrected chi connectivity index (χ1v) is 8.61. The summed E-state index contributed by atoms with van der Waals surface area (Å²) in [5, 5.41) is 11.3. The summed E-state index contributed by atoms with van der Waals surface area (Å²) in [7, 11) is -0.317. The number of anilines is 1. The van der Waals surface area contributed by atoms with E-state index in [1.165, 1.54) is 24.1 Å². The molecule has 1 aliphatic rings. The maximum absolute atomic E-state index is 11.8. The highest BCUT2D eigenvalue weighted by Gasteiger charge is 2.25. The van der Waals surface area contributed by atoms with Crippen LogP contribution in [0.2, 0.25) is 0 Å². The number of likely N-dealkylation sites (N-methyl/N-ethyl adjacent to an activating group) is 1. The molecule has 9 heteroatoms. The van der Waals surface area contributed by atoms with Gasteiger partial charge in [-0.3, -0.25) is 10.1 Å². The van der Waals surface area contributed by atoms with Gasteiger partial charge in [0.1, 0.15) is 5.69 Å². The van der Waals surface area contributed by atoms with E-state index in [0.29, 0.717) is 12.2 Å². The highest BCUT2D eigenvalue weighted by Crippen LogP contribution is 2.30. The van der Waals surface area contributed by atoms with Gasteiger partial charge in [-0.05, 0) is 19.2 Å². The van der Waals surface area contributed by atoms with Crippen LogP contribution in [0.3, 0.4) is 0 Å². The van der Waals surface area contributed by atoms with E-state index in [4.69, 9.17) is 0 Å². The molecule has 0 radical (unpaired) electrons. The Bertz CT molecular complexity index is 662. The maximum atomic E-state index is 11.8. The van der Waals surface area contributed by atoms with Crippen LogP contribution in [0.4, 0.5) is 11.4 Å². The second-order valence-electron chi connectivity index (χ2n) is 5.41. The molecular formula is C13H21N4O4S+. The average Bonchev–Trinajstić information content (AvgIpc) is 2.71. The number of nitro groups is 1. The molecule has 1 heterocycles.